The quantitative estimate of drug-likeness (QED) is 0.743. The lowest BCUT2D eigenvalue weighted by Crippen LogP contribution is -2.09. The van der Waals surface area contributed by atoms with Gasteiger partial charge in [-0.15, -0.1) is 0 Å². The summed E-state index contributed by atoms with van der Waals surface area (Å²) in [7, 11) is 0. The second kappa shape index (κ2) is 5.26. The number of Topliss-reactive ketones (excluding diaryl/α,β-unsaturated/α-hetero) is 2. The van der Waals surface area contributed by atoms with Crippen molar-refractivity contribution in [1.82, 2.24) is 0 Å². The van der Waals surface area contributed by atoms with Gasteiger partial charge in [0.15, 0.2) is 5.78 Å². The summed E-state index contributed by atoms with van der Waals surface area (Å²) < 4.78 is 0. The standard InChI is InChI=1S/C15H18O2/c1-11-5-7-13(8-6-11)15(17)10-9-12-3-2-4-14(12)16/h5-8,12H,2-4,9-10H2,1H3/t12-/m0/s1. The number of hydrogen-bond donors (Lipinski definition) is 0. The van der Waals surface area contributed by atoms with Crippen LogP contribution in [-0.2, 0) is 4.79 Å². The molecule has 0 amide bonds. The predicted molar refractivity (Wildman–Crippen MR) is 67.1 cm³/mol. The summed E-state index contributed by atoms with van der Waals surface area (Å²) in [5, 5.41) is 0. The average molecular weight is 230 g/mol. The van der Waals surface area contributed by atoms with E-state index in [9.17, 15) is 9.59 Å². The fraction of sp³-hybridized carbons (Fsp3) is 0.467. The molecule has 17 heavy (non-hydrogen) atoms. The van der Waals surface area contributed by atoms with Gasteiger partial charge in [0.1, 0.15) is 5.78 Å². The molecule has 1 aromatic rings. The monoisotopic (exact) mass is 230 g/mol. The highest BCUT2D eigenvalue weighted by Gasteiger charge is 2.24. The Labute approximate surface area is 102 Å². The average Bonchev–Trinajstić information content (AvgIpc) is 2.73. The van der Waals surface area contributed by atoms with Crippen LogP contribution >= 0.6 is 0 Å². The summed E-state index contributed by atoms with van der Waals surface area (Å²) in [6.45, 7) is 2.01. The molecule has 2 heteroatoms. The molecule has 1 saturated carbocycles. The highest BCUT2D eigenvalue weighted by Crippen LogP contribution is 2.26. The van der Waals surface area contributed by atoms with Crippen molar-refractivity contribution in [1.29, 1.82) is 0 Å². The SMILES string of the molecule is Cc1ccc(C(=O)CC[C@@H]2CCCC2=O)cc1. The van der Waals surface area contributed by atoms with Crippen molar-refractivity contribution >= 4 is 11.6 Å². The minimum absolute atomic E-state index is 0.143. The van der Waals surface area contributed by atoms with Gasteiger partial charge in [-0.3, -0.25) is 9.59 Å². The molecule has 0 bridgehead atoms. The molecule has 2 nitrogen and oxygen atoms in total. The van der Waals surface area contributed by atoms with Crippen molar-refractivity contribution in [2.75, 3.05) is 0 Å². The minimum atomic E-state index is 0.143. The fourth-order valence-electron chi connectivity index (χ4n) is 2.38. The van der Waals surface area contributed by atoms with Crippen LogP contribution < -0.4 is 0 Å². The summed E-state index contributed by atoms with van der Waals surface area (Å²) >= 11 is 0. The van der Waals surface area contributed by atoms with Crippen molar-refractivity contribution in [3.8, 4) is 0 Å². The lowest BCUT2D eigenvalue weighted by molar-refractivity contribution is -0.120. The maximum atomic E-state index is 11.9. The zero-order valence-electron chi connectivity index (χ0n) is 10.2. The van der Waals surface area contributed by atoms with Gasteiger partial charge in [-0.25, -0.2) is 0 Å². The van der Waals surface area contributed by atoms with Gasteiger partial charge in [-0.1, -0.05) is 29.8 Å². The van der Waals surface area contributed by atoms with Gasteiger partial charge in [-0.2, -0.15) is 0 Å². The van der Waals surface area contributed by atoms with E-state index in [0.29, 0.717) is 18.6 Å². The molecule has 1 aliphatic carbocycles. The number of hydrogen-bond acceptors (Lipinski definition) is 2. The topological polar surface area (TPSA) is 34.1 Å². The van der Waals surface area contributed by atoms with Crippen molar-refractivity contribution < 1.29 is 9.59 Å². The van der Waals surface area contributed by atoms with Gasteiger partial charge in [0.2, 0.25) is 0 Å². The maximum Gasteiger partial charge on any atom is 0.162 e. The van der Waals surface area contributed by atoms with Gasteiger partial charge >= 0.3 is 0 Å². The molecule has 0 radical (unpaired) electrons. The van der Waals surface area contributed by atoms with Crippen LogP contribution in [0.25, 0.3) is 0 Å². The van der Waals surface area contributed by atoms with E-state index in [1.807, 2.05) is 31.2 Å². The number of carbonyl (C=O) groups excluding carboxylic acids is 2. The first kappa shape index (κ1) is 12.0. The van der Waals surface area contributed by atoms with Crippen LogP contribution in [0.3, 0.4) is 0 Å². The molecule has 1 aliphatic rings. The molecular formula is C15H18O2. The van der Waals surface area contributed by atoms with Crippen molar-refractivity contribution in [2.24, 2.45) is 5.92 Å². The molecule has 0 heterocycles. The van der Waals surface area contributed by atoms with Crippen molar-refractivity contribution in [3.05, 3.63) is 35.4 Å². The molecule has 0 spiro atoms. The van der Waals surface area contributed by atoms with E-state index in [1.54, 1.807) is 0 Å². The molecule has 2 rings (SSSR count). The van der Waals surface area contributed by atoms with E-state index in [1.165, 1.54) is 0 Å². The number of benzene rings is 1. The Morgan fingerprint density at radius 1 is 1.29 bits per heavy atom. The van der Waals surface area contributed by atoms with E-state index < -0.39 is 0 Å². The molecule has 0 N–H and O–H groups in total. The molecule has 90 valence electrons. The smallest absolute Gasteiger partial charge is 0.162 e. The molecule has 1 aromatic carbocycles. The Morgan fingerprint density at radius 3 is 2.59 bits per heavy atom. The van der Waals surface area contributed by atoms with Crippen LogP contribution in [0.15, 0.2) is 24.3 Å². The third-order valence-electron chi connectivity index (χ3n) is 3.52. The molecule has 0 saturated heterocycles. The fourth-order valence-corrected chi connectivity index (χ4v) is 2.38. The zero-order chi connectivity index (χ0) is 12.3. The summed E-state index contributed by atoms with van der Waals surface area (Å²) in [5.41, 5.74) is 1.92. The van der Waals surface area contributed by atoms with Gasteiger partial charge in [0, 0.05) is 24.3 Å². The Hall–Kier alpha value is -1.44. The second-order valence-corrected chi connectivity index (χ2v) is 4.88. The van der Waals surface area contributed by atoms with Crippen LogP contribution in [-0.4, -0.2) is 11.6 Å². The minimum Gasteiger partial charge on any atom is -0.299 e. The third kappa shape index (κ3) is 3.02. The largest absolute Gasteiger partial charge is 0.299 e. The molecule has 1 atom stereocenters. The zero-order valence-corrected chi connectivity index (χ0v) is 10.2. The third-order valence-corrected chi connectivity index (χ3v) is 3.52. The summed E-state index contributed by atoms with van der Waals surface area (Å²) in [5.74, 6) is 0.649. The van der Waals surface area contributed by atoms with Gasteiger partial charge in [0.05, 0.1) is 0 Å². The number of rotatable bonds is 4. The molecule has 0 aliphatic heterocycles. The van der Waals surface area contributed by atoms with E-state index in [4.69, 9.17) is 0 Å². The van der Waals surface area contributed by atoms with E-state index in [-0.39, 0.29) is 11.7 Å². The summed E-state index contributed by atoms with van der Waals surface area (Å²) in [6.07, 6.45) is 3.91. The first-order chi connectivity index (χ1) is 8.16. The Bertz CT molecular complexity index is 417. The Kier molecular flexibility index (Phi) is 3.72. The molecule has 0 unspecified atom stereocenters. The van der Waals surface area contributed by atoms with Gasteiger partial charge in [0.25, 0.3) is 0 Å². The lowest BCUT2D eigenvalue weighted by atomic mass is 9.96. The number of aryl methyl sites for hydroxylation is 1. The highest BCUT2D eigenvalue weighted by molar-refractivity contribution is 5.96. The maximum absolute atomic E-state index is 11.9. The van der Waals surface area contributed by atoms with Crippen LogP contribution in [0.5, 0.6) is 0 Å². The van der Waals surface area contributed by atoms with Crippen molar-refractivity contribution in [2.45, 2.75) is 39.0 Å². The number of ketones is 2. The number of carbonyl (C=O) groups is 2. The van der Waals surface area contributed by atoms with Crippen LogP contribution in [0, 0.1) is 12.8 Å². The lowest BCUT2D eigenvalue weighted by Gasteiger charge is -2.06. The van der Waals surface area contributed by atoms with Gasteiger partial charge in [-0.05, 0) is 26.2 Å². The van der Waals surface area contributed by atoms with E-state index in [2.05, 4.69) is 0 Å². The Morgan fingerprint density at radius 2 is 2.00 bits per heavy atom. The van der Waals surface area contributed by atoms with Gasteiger partial charge < -0.3 is 0 Å². The van der Waals surface area contributed by atoms with Crippen LogP contribution in [0.1, 0.15) is 48.0 Å². The predicted octanol–water partition coefficient (Wildman–Crippen LogP) is 3.33. The van der Waals surface area contributed by atoms with Crippen LogP contribution in [0.4, 0.5) is 0 Å². The molecule has 0 aromatic heterocycles. The van der Waals surface area contributed by atoms with Crippen molar-refractivity contribution in [3.63, 3.8) is 0 Å². The summed E-state index contributed by atoms with van der Waals surface area (Å²) in [6, 6.07) is 7.64. The van der Waals surface area contributed by atoms with E-state index in [0.717, 1.165) is 30.4 Å². The highest BCUT2D eigenvalue weighted by atomic mass is 16.1. The summed E-state index contributed by atoms with van der Waals surface area (Å²) in [4.78, 5) is 23.4. The first-order valence-corrected chi connectivity index (χ1v) is 6.29. The molecule has 1 fully saturated rings. The molecular weight excluding hydrogens is 212 g/mol. The van der Waals surface area contributed by atoms with Crippen LogP contribution in [0.2, 0.25) is 0 Å². The van der Waals surface area contributed by atoms with E-state index >= 15 is 0 Å². The Balaban J connectivity index is 1.89. The normalized spacial score (nSPS) is 19.6. The second-order valence-electron chi connectivity index (χ2n) is 4.88. The first-order valence-electron chi connectivity index (χ1n) is 6.29.